The third-order valence-electron chi connectivity index (χ3n) is 4.90. The molecule has 0 fully saturated rings. The number of alkyl halides is 3. The van der Waals surface area contributed by atoms with E-state index in [4.69, 9.17) is 11.6 Å². The second-order valence-corrected chi connectivity index (χ2v) is 7.52. The van der Waals surface area contributed by atoms with E-state index in [1.54, 1.807) is 44.2 Å². The molecule has 1 aromatic heterocycles. The SMILES string of the molecule is Cc1cc2nc(C(F)(F)F)c(=O)n([C@@H](C)C(=O)NCc3cccc(Cl)c3)c2cc1C. The predicted octanol–water partition coefficient (Wildman–Crippen LogP) is 4.56. The molecule has 0 saturated heterocycles. The maximum Gasteiger partial charge on any atom is 0.438 e. The Morgan fingerprint density at radius 1 is 1.20 bits per heavy atom. The quantitative estimate of drug-likeness (QED) is 0.650. The van der Waals surface area contributed by atoms with Crippen molar-refractivity contribution in [3.05, 3.63) is 74.2 Å². The zero-order valence-corrected chi connectivity index (χ0v) is 17.2. The van der Waals surface area contributed by atoms with Gasteiger partial charge in [-0.25, -0.2) is 4.98 Å². The molecule has 2 aromatic carbocycles. The molecule has 9 heteroatoms. The minimum atomic E-state index is -4.94. The molecule has 3 aromatic rings. The first kappa shape index (κ1) is 21.8. The van der Waals surface area contributed by atoms with Gasteiger partial charge in [-0.2, -0.15) is 13.2 Å². The number of rotatable bonds is 4. The normalized spacial score (nSPS) is 12.8. The third-order valence-corrected chi connectivity index (χ3v) is 5.13. The molecule has 1 N–H and O–H groups in total. The van der Waals surface area contributed by atoms with Crippen molar-refractivity contribution < 1.29 is 18.0 Å². The van der Waals surface area contributed by atoms with Crippen LogP contribution in [-0.2, 0) is 17.5 Å². The van der Waals surface area contributed by atoms with E-state index >= 15 is 0 Å². The Kier molecular flexibility index (Phi) is 5.90. The van der Waals surface area contributed by atoms with Crippen LogP contribution in [0.25, 0.3) is 11.0 Å². The van der Waals surface area contributed by atoms with Gasteiger partial charge in [-0.1, -0.05) is 23.7 Å². The molecule has 0 saturated carbocycles. The van der Waals surface area contributed by atoms with E-state index in [2.05, 4.69) is 10.3 Å². The molecule has 0 aliphatic heterocycles. The number of aromatic nitrogens is 2. The summed E-state index contributed by atoms with van der Waals surface area (Å²) < 4.78 is 41.1. The van der Waals surface area contributed by atoms with Crippen LogP contribution in [0.4, 0.5) is 13.2 Å². The van der Waals surface area contributed by atoms with Crippen molar-refractivity contribution in [2.45, 2.75) is 39.5 Å². The van der Waals surface area contributed by atoms with Gasteiger partial charge >= 0.3 is 6.18 Å². The van der Waals surface area contributed by atoms with Crippen LogP contribution in [0.3, 0.4) is 0 Å². The monoisotopic (exact) mass is 437 g/mol. The van der Waals surface area contributed by atoms with Crippen LogP contribution in [0, 0.1) is 13.8 Å². The molecule has 1 heterocycles. The van der Waals surface area contributed by atoms with Gasteiger partial charge in [0, 0.05) is 11.6 Å². The largest absolute Gasteiger partial charge is 0.438 e. The summed E-state index contributed by atoms with van der Waals surface area (Å²) in [5.74, 6) is -0.601. The highest BCUT2D eigenvalue weighted by atomic mass is 35.5. The topological polar surface area (TPSA) is 64.0 Å². The van der Waals surface area contributed by atoms with Crippen molar-refractivity contribution in [2.75, 3.05) is 0 Å². The average Bonchev–Trinajstić information content (AvgIpc) is 2.66. The molecule has 158 valence electrons. The number of nitrogens with one attached hydrogen (secondary N) is 1. The summed E-state index contributed by atoms with van der Waals surface area (Å²) in [6.07, 6.45) is -4.94. The maximum absolute atomic E-state index is 13.4. The number of carbonyl (C=O) groups is 1. The molecular weight excluding hydrogens is 419 g/mol. The second kappa shape index (κ2) is 8.10. The summed E-state index contributed by atoms with van der Waals surface area (Å²) in [6.45, 7) is 5.00. The van der Waals surface area contributed by atoms with Crippen LogP contribution in [0.5, 0.6) is 0 Å². The molecule has 30 heavy (non-hydrogen) atoms. The van der Waals surface area contributed by atoms with Crippen molar-refractivity contribution in [1.82, 2.24) is 14.9 Å². The van der Waals surface area contributed by atoms with Gasteiger partial charge in [0.25, 0.3) is 5.56 Å². The zero-order valence-electron chi connectivity index (χ0n) is 16.5. The van der Waals surface area contributed by atoms with Gasteiger partial charge in [-0.3, -0.25) is 14.2 Å². The van der Waals surface area contributed by atoms with E-state index < -0.39 is 29.4 Å². The lowest BCUT2D eigenvalue weighted by Gasteiger charge is -2.20. The number of nitrogens with zero attached hydrogens (tertiary/aromatic N) is 2. The number of benzene rings is 2. The Morgan fingerprint density at radius 3 is 2.50 bits per heavy atom. The summed E-state index contributed by atoms with van der Waals surface area (Å²) >= 11 is 5.92. The smallest absolute Gasteiger partial charge is 0.350 e. The first-order valence-electron chi connectivity index (χ1n) is 9.12. The molecule has 0 aliphatic rings. The van der Waals surface area contributed by atoms with Gasteiger partial charge in [0.1, 0.15) is 6.04 Å². The van der Waals surface area contributed by atoms with Crippen LogP contribution in [0.1, 0.15) is 35.3 Å². The van der Waals surface area contributed by atoms with Crippen molar-refractivity contribution in [1.29, 1.82) is 0 Å². The molecule has 5 nitrogen and oxygen atoms in total. The van der Waals surface area contributed by atoms with Crippen LogP contribution in [0.15, 0.2) is 41.2 Å². The minimum absolute atomic E-state index is 0.000448. The van der Waals surface area contributed by atoms with E-state index in [1.807, 2.05) is 0 Å². The second-order valence-electron chi connectivity index (χ2n) is 7.08. The zero-order chi connectivity index (χ0) is 22.2. The summed E-state index contributed by atoms with van der Waals surface area (Å²) in [5.41, 5.74) is -0.523. The summed E-state index contributed by atoms with van der Waals surface area (Å²) in [7, 11) is 0. The van der Waals surface area contributed by atoms with E-state index in [0.29, 0.717) is 5.02 Å². The van der Waals surface area contributed by atoms with Gasteiger partial charge < -0.3 is 5.32 Å². The van der Waals surface area contributed by atoms with Crippen LogP contribution in [-0.4, -0.2) is 15.5 Å². The first-order chi connectivity index (χ1) is 14.0. The van der Waals surface area contributed by atoms with Crippen molar-refractivity contribution in [3.63, 3.8) is 0 Å². The van der Waals surface area contributed by atoms with E-state index in [-0.39, 0.29) is 17.6 Å². The number of halogens is 4. The minimum Gasteiger partial charge on any atom is -0.350 e. The lowest BCUT2D eigenvalue weighted by molar-refractivity contribution is -0.142. The number of fused-ring (bicyclic) bond motifs is 1. The Morgan fingerprint density at radius 2 is 1.87 bits per heavy atom. The molecule has 0 radical (unpaired) electrons. The number of aryl methyl sites for hydroxylation is 2. The van der Waals surface area contributed by atoms with Gasteiger partial charge in [0.15, 0.2) is 0 Å². The Hall–Kier alpha value is -2.87. The summed E-state index contributed by atoms with van der Waals surface area (Å²) in [4.78, 5) is 28.9. The van der Waals surface area contributed by atoms with Crippen LogP contribution >= 0.6 is 11.6 Å². The number of hydrogen-bond acceptors (Lipinski definition) is 3. The van der Waals surface area contributed by atoms with Gasteiger partial charge in [0.05, 0.1) is 11.0 Å². The predicted molar refractivity (Wildman–Crippen MR) is 108 cm³/mol. The van der Waals surface area contributed by atoms with Crippen LogP contribution < -0.4 is 10.9 Å². The maximum atomic E-state index is 13.4. The fourth-order valence-electron chi connectivity index (χ4n) is 3.13. The lowest BCUT2D eigenvalue weighted by Crippen LogP contribution is -2.39. The number of carbonyl (C=O) groups excluding carboxylic acids is 1. The van der Waals surface area contributed by atoms with Gasteiger partial charge in [-0.15, -0.1) is 0 Å². The van der Waals surface area contributed by atoms with E-state index in [1.165, 1.54) is 13.0 Å². The lowest BCUT2D eigenvalue weighted by atomic mass is 10.1. The fraction of sp³-hybridized carbons (Fsp3) is 0.286. The molecular formula is C21H19ClF3N3O2. The van der Waals surface area contributed by atoms with Crippen molar-refractivity contribution in [2.24, 2.45) is 0 Å². The Bertz CT molecular complexity index is 1190. The molecule has 3 rings (SSSR count). The average molecular weight is 438 g/mol. The van der Waals surface area contributed by atoms with Gasteiger partial charge in [0.2, 0.25) is 11.6 Å². The first-order valence-corrected chi connectivity index (χ1v) is 9.49. The molecule has 1 atom stereocenters. The Balaban J connectivity index is 2.06. The number of hydrogen-bond donors (Lipinski definition) is 1. The van der Waals surface area contributed by atoms with Gasteiger partial charge in [-0.05, 0) is 61.7 Å². The standard InChI is InChI=1S/C21H19ClF3N3O2/c1-11-7-16-17(8-12(11)2)28(20(30)18(27-16)21(23,24)25)13(3)19(29)26-10-14-5-4-6-15(22)9-14/h4-9,13H,10H2,1-3H3,(H,26,29)/t13-/m0/s1. The summed E-state index contributed by atoms with van der Waals surface area (Å²) in [6, 6.07) is 8.67. The van der Waals surface area contributed by atoms with Crippen molar-refractivity contribution in [3.8, 4) is 0 Å². The summed E-state index contributed by atoms with van der Waals surface area (Å²) in [5, 5.41) is 3.13. The van der Waals surface area contributed by atoms with Crippen LogP contribution in [0.2, 0.25) is 5.02 Å². The molecule has 0 aliphatic carbocycles. The molecule has 1 amide bonds. The van der Waals surface area contributed by atoms with Crippen molar-refractivity contribution >= 4 is 28.5 Å². The Labute approximate surface area is 175 Å². The third kappa shape index (κ3) is 4.33. The highest BCUT2D eigenvalue weighted by Crippen LogP contribution is 2.28. The molecule has 0 spiro atoms. The highest BCUT2D eigenvalue weighted by molar-refractivity contribution is 6.30. The molecule has 0 unspecified atom stereocenters. The highest BCUT2D eigenvalue weighted by Gasteiger charge is 2.38. The number of amides is 1. The molecule has 0 bridgehead atoms. The van der Waals surface area contributed by atoms with E-state index in [9.17, 15) is 22.8 Å². The fourth-order valence-corrected chi connectivity index (χ4v) is 3.34. The van der Waals surface area contributed by atoms with E-state index in [0.717, 1.165) is 21.3 Å².